The molecule has 1 fully saturated rings. The van der Waals surface area contributed by atoms with Crippen molar-refractivity contribution in [3.63, 3.8) is 0 Å². The van der Waals surface area contributed by atoms with E-state index in [-0.39, 0.29) is 17.8 Å². The van der Waals surface area contributed by atoms with E-state index in [4.69, 9.17) is 16.9 Å². The fourth-order valence-corrected chi connectivity index (χ4v) is 4.14. The van der Waals surface area contributed by atoms with E-state index in [1.807, 2.05) is 6.07 Å². The van der Waals surface area contributed by atoms with Crippen LogP contribution in [0.2, 0.25) is 5.02 Å². The number of aromatic nitrogens is 6. The highest BCUT2D eigenvalue weighted by molar-refractivity contribution is 6.32. The lowest BCUT2D eigenvalue weighted by molar-refractivity contribution is 0.0816. The summed E-state index contributed by atoms with van der Waals surface area (Å²) in [6.07, 6.45) is 6.61. The van der Waals surface area contributed by atoms with E-state index < -0.39 is 0 Å². The van der Waals surface area contributed by atoms with Crippen molar-refractivity contribution in [1.29, 1.82) is 5.26 Å². The first-order chi connectivity index (χ1) is 17.9. The van der Waals surface area contributed by atoms with Crippen molar-refractivity contribution in [1.82, 2.24) is 34.4 Å². The maximum atomic E-state index is 12.2. The summed E-state index contributed by atoms with van der Waals surface area (Å²) >= 11 is 6.39. The normalized spacial score (nSPS) is 13.8. The van der Waals surface area contributed by atoms with E-state index in [0.717, 1.165) is 31.7 Å². The van der Waals surface area contributed by atoms with Gasteiger partial charge in [-0.05, 0) is 31.0 Å². The summed E-state index contributed by atoms with van der Waals surface area (Å²) in [6, 6.07) is 9.50. The molecule has 0 atom stereocenters. The van der Waals surface area contributed by atoms with Gasteiger partial charge in [0.1, 0.15) is 16.9 Å². The van der Waals surface area contributed by atoms with Crippen molar-refractivity contribution in [2.24, 2.45) is 0 Å². The average molecular weight is 518 g/mol. The van der Waals surface area contributed by atoms with Crippen LogP contribution < -0.4 is 15.5 Å². The van der Waals surface area contributed by atoms with Crippen LogP contribution in [0.5, 0.6) is 0 Å². The van der Waals surface area contributed by atoms with Gasteiger partial charge in [0, 0.05) is 57.4 Å². The van der Waals surface area contributed by atoms with Crippen LogP contribution in [0.15, 0.2) is 42.9 Å². The Balaban J connectivity index is 1.24. The number of anilines is 4. The number of halogens is 1. The average Bonchev–Trinajstić information content (AvgIpc) is 3.34. The van der Waals surface area contributed by atoms with E-state index >= 15 is 0 Å². The minimum atomic E-state index is -0.269. The zero-order chi connectivity index (χ0) is 25.9. The fourth-order valence-electron chi connectivity index (χ4n) is 3.99. The summed E-state index contributed by atoms with van der Waals surface area (Å²) in [5.41, 5.74) is 1.76. The molecule has 188 valence electrons. The van der Waals surface area contributed by atoms with Crippen LogP contribution in [0.1, 0.15) is 29.0 Å². The van der Waals surface area contributed by atoms with Gasteiger partial charge in [-0.1, -0.05) is 11.6 Å². The van der Waals surface area contributed by atoms with Gasteiger partial charge in [0.05, 0.1) is 11.8 Å². The lowest BCUT2D eigenvalue weighted by Crippen LogP contribution is -2.39. The quantitative estimate of drug-likeness (QED) is 0.392. The second-order valence-electron chi connectivity index (χ2n) is 8.79. The van der Waals surface area contributed by atoms with Crippen LogP contribution in [0.4, 0.5) is 23.3 Å². The van der Waals surface area contributed by atoms with Gasteiger partial charge in [-0.15, -0.1) is 5.10 Å². The molecule has 4 aromatic rings. The Morgan fingerprint density at radius 1 is 1.16 bits per heavy atom. The third kappa shape index (κ3) is 5.36. The molecule has 5 rings (SSSR count). The molecule has 0 radical (unpaired) electrons. The molecule has 1 aliphatic heterocycles. The zero-order valence-electron chi connectivity index (χ0n) is 20.3. The van der Waals surface area contributed by atoms with Gasteiger partial charge < -0.3 is 20.4 Å². The van der Waals surface area contributed by atoms with Gasteiger partial charge in [-0.3, -0.25) is 4.79 Å². The molecular weight excluding hydrogens is 494 g/mol. The molecule has 13 heteroatoms. The minimum Gasteiger partial charge on any atom is -0.366 e. The Bertz CT molecular complexity index is 1470. The summed E-state index contributed by atoms with van der Waals surface area (Å²) in [7, 11) is 3.31. The number of carbonyl (C=O) groups is 1. The third-order valence-corrected chi connectivity index (χ3v) is 6.25. The van der Waals surface area contributed by atoms with Crippen molar-refractivity contribution in [2.45, 2.75) is 18.9 Å². The second kappa shape index (κ2) is 10.2. The van der Waals surface area contributed by atoms with Crippen molar-refractivity contribution in [3.8, 4) is 6.07 Å². The standard InChI is InChI=1S/C24H24ClN11O/c1-34(2)23(37)22-31-20-11-17(7-10-36(20)33-22)30-24-28-14-18(25)21(32-24)29-16-5-8-35(9-6-16)19-4-3-15(12-26)13-27-19/h3-4,7,10-11,13-14,16H,5-6,8-9H2,1-2H3,(H2,28,29,30,32). The number of carbonyl (C=O) groups excluding carboxylic acids is 1. The molecule has 0 spiro atoms. The summed E-state index contributed by atoms with van der Waals surface area (Å²) in [4.78, 5) is 33.3. The highest BCUT2D eigenvalue weighted by Gasteiger charge is 2.22. The summed E-state index contributed by atoms with van der Waals surface area (Å²) in [5, 5.41) is 20.2. The van der Waals surface area contributed by atoms with E-state index in [0.29, 0.717) is 33.7 Å². The molecule has 4 aromatic heterocycles. The van der Waals surface area contributed by atoms with Crippen molar-refractivity contribution in [2.75, 3.05) is 42.7 Å². The van der Waals surface area contributed by atoms with E-state index in [9.17, 15) is 4.79 Å². The van der Waals surface area contributed by atoms with Crippen molar-refractivity contribution >= 4 is 46.4 Å². The fraction of sp³-hybridized carbons (Fsp3) is 0.292. The van der Waals surface area contributed by atoms with E-state index in [2.05, 4.69) is 46.6 Å². The summed E-state index contributed by atoms with van der Waals surface area (Å²) in [6.45, 7) is 1.64. The molecule has 1 aliphatic rings. The van der Waals surface area contributed by atoms with Crippen molar-refractivity contribution < 1.29 is 4.79 Å². The number of amides is 1. The first-order valence-corrected chi connectivity index (χ1v) is 12.0. The number of pyridine rings is 2. The Labute approximate surface area is 217 Å². The number of piperidine rings is 1. The van der Waals surface area contributed by atoms with Gasteiger partial charge >= 0.3 is 0 Å². The molecule has 2 N–H and O–H groups in total. The lowest BCUT2D eigenvalue weighted by Gasteiger charge is -2.33. The van der Waals surface area contributed by atoms with Crippen LogP contribution in [-0.2, 0) is 0 Å². The Morgan fingerprint density at radius 2 is 1.97 bits per heavy atom. The zero-order valence-corrected chi connectivity index (χ0v) is 21.0. The maximum absolute atomic E-state index is 12.2. The third-order valence-electron chi connectivity index (χ3n) is 5.97. The smallest absolute Gasteiger partial charge is 0.293 e. The van der Waals surface area contributed by atoms with E-state index in [1.165, 1.54) is 9.42 Å². The predicted octanol–water partition coefficient (Wildman–Crippen LogP) is 2.97. The summed E-state index contributed by atoms with van der Waals surface area (Å²) < 4.78 is 1.54. The molecule has 0 aromatic carbocycles. The molecule has 0 saturated carbocycles. The van der Waals surface area contributed by atoms with Gasteiger partial charge in [0.25, 0.3) is 5.91 Å². The second-order valence-corrected chi connectivity index (χ2v) is 9.20. The number of nitriles is 1. The SMILES string of the molecule is CN(C)C(=O)c1nc2cc(Nc3ncc(Cl)c(NC4CCN(c5ccc(C#N)cn5)CC4)n3)ccn2n1. The molecule has 12 nitrogen and oxygen atoms in total. The van der Waals surface area contributed by atoms with Crippen LogP contribution >= 0.6 is 11.6 Å². The maximum Gasteiger partial charge on any atom is 0.293 e. The highest BCUT2D eigenvalue weighted by Crippen LogP contribution is 2.26. The van der Waals surface area contributed by atoms with Crippen LogP contribution in [0.3, 0.4) is 0 Å². The molecule has 1 saturated heterocycles. The van der Waals surface area contributed by atoms with Crippen LogP contribution in [0, 0.1) is 11.3 Å². The van der Waals surface area contributed by atoms with Gasteiger partial charge in [-0.25, -0.2) is 19.5 Å². The van der Waals surface area contributed by atoms with Crippen LogP contribution in [-0.4, -0.2) is 73.6 Å². The molecule has 37 heavy (non-hydrogen) atoms. The summed E-state index contributed by atoms with van der Waals surface area (Å²) in [5.74, 6) is 1.65. The molecule has 0 aliphatic carbocycles. The molecule has 0 bridgehead atoms. The predicted molar refractivity (Wildman–Crippen MR) is 139 cm³/mol. The first kappa shape index (κ1) is 24.2. The molecular formula is C24H24ClN11O. The number of hydrogen-bond donors (Lipinski definition) is 2. The minimum absolute atomic E-state index is 0.123. The monoisotopic (exact) mass is 517 g/mol. The highest BCUT2D eigenvalue weighted by atomic mass is 35.5. The van der Waals surface area contributed by atoms with E-state index in [1.54, 1.807) is 50.9 Å². The van der Waals surface area contributed by atoms with Gasteiger partial charge in [0.2, 0.25) is 11.8 Å². The number of rotatable bonds is 6. The Kier molecular flexibility index (Phi) is 6.70. The number of hydrogen-bond acceptors (Lipinski definition) is 10. The first-order valence-electron chi connectivity index (χ1n) is 11.6. The number of nitrogens with zero attached hydrogens (tertiary/aromatic N) is 9. The van der Waals surface area contributed by atoms with Gasteiger partial charge in [-0.2, -0.15) is 10.2 Å². The number of nitrogens with one attached hydrogen (secondary N) is 2. The molecule has 5 heterocycles. The number of fused-ring (bicyclic) bond motifs is 1. The van der Waals surface area contributed by atoms with Crippen molar-refractivity contribution in [3.05, 3.63) is 59.3 Å². The lowest BCUT2D eigenvalue weighted by atomic mass is 10.0. The topological polar surface area (TPSA) is 140 Å². The molecule has 0 unspecified atom stereocenters. The largest absolute Gasteiger partial charge is 0.366 e. The Morgan fingerprint density at radius 3 is 2.68 bits per heavy atom. The van der Waals surface area contributed by atoms with Gasteiger partial charge in [0.15, 0.2) is 11.5 Å². The van der Waals surface area contributed by atoms with Crippen LogP contribution in [0.25, 0.3) is 5.65 Å². The Hall–Kier alpha value is -4.50. The molecule has 1 amide bonds.